The monoisotopic (exact) mass is 335 g/mol. The number of carbonyl (C=O) groups excluding carboxylic acids is 3. The first kappa shape index (κ1) is 13.0. The Morgan fingerprint density at radius 1 is 1.25 bits per heavy atom. The molecule has 2 atom stereocenters. The van der Waals surface area contributed by atoms with E-state index in [0.717, 1.165) is 4.90 Å². The summed E-state index contributed by atoms with van der Waals surface area (Å²) in [5.74, 6) is -1.91. The number of imide groups is 1. The minimum Gasteiger partial charge on any atom is -0.296 e. The van der Waals surface area contributed by atoms with E-state index < -0.39 is 17.9 Å². The number of fused-ring (bicyclic) bond motifs is 1. The predicted octanol–water partition coefficient (Wildman–Crippen LogP) is 0.468. The Morgan fingerprint density at radius 2 is 1.95 bits per heavy atom. The van der Waals surface area contributed by atoms with Crippen LogP contribution in [0.15, 0.2) is 35.4 Å². The van der Waals surface area contributed by atoms with Crippen LogP contribution in [0.4, 0.5) is 5.69 Å². The molecule has 20 heavy (non-hydrogen) atoms. The highest BCUT2D eigenvalue weighted by atomic mass is 79.9. The molecule has 1 N–H and O–H groups in total. The van der Waals surface area contributed by atoms with Crippen LogP contribution in [-0.2, 0) is 14.4 Å². The molecule has 0 radical (unpaired) electrons. The van der Waals surface area contributed by atoms with E-state index in [1.54, 1.807) is 30.3 Å². The average Bonchev–Trinajstić information content (AvgIpc) is 3.01. The summed E-state index contributed by atoms with van der Waals surface area (Å²) in [4.78, 5) is 37.6. The summed E-state index contributed by atoms with van der Waals surface area (Å²) in [7, 11) is 0. The number of para-hydroxylation sites is 1. The summed E-state index contributed by atoms with van der Waals surface area (Å²) < 4.78 is 0. The largest absolute Gasteiger partial charge is 0.296 e. The number of benzene rings is 1. The molecule has 3 rings (SSSR count). The van der Waals surface area contributed by atoms with Crippen LogP contribution >= 0.6 is 15.9 Å². The van der Waals surface area contributed by atoms with Crippen LogP contribution in [0.3, 0.4) is 0 Å². The second-order valence-electron chi connectivity index (χ2n) is 4.49. The molecule has 0 aromatic heterocycles. The molecule has 2 heterocycles. The minimum atomic E-state index is -0.826. The van der Waals surface area contributed by atoms with Crippen molar-refractivity contribution in [3.8, 4) is 0 Å². The molecule has 0 spiro atoms. The van der Waals surface area contributed by atoms with Gasteiger partial charge in [-0.1, -0.05) is 34.1 Å². The molecule has 7 heteroatoms. The SMILES string of the molecule is O=C(CBr)C1=NNC2C(=O)N(c3ccccc3)C(=O)C12. The Balaban J connectivity index is 1.97. The van der Waals surface area contributed by atoms with E-state index in [-0.39, 0.29) is 22.7 Å². The fourth-order valence-electron chi connectivity index (χ4n) is 2.42. The van der Waals surface area contributed by atoms with E-state index in [1.165, 1.54) is 0 Å². The molecule has 0 aliphatic carbocycles. The minimum absolute atomic E-state index is 0.0730. The topological polar surface area (TPSA) is 78.8 Å². The zero-order chi connectivity index (χ0) is 14.3. The Labute approximate surface area is 123 Å². The normalized spacial score (nSPS) is 24.4. The van der Waals surface area contributed by atoms with Crippen molar-refractivity contribution in [2.24, 2.45) is 11.0 Å². The highest BCUT2D eigenvalue weighted by Gasteiger charge is 2.54. The quantitative estimate of drug-likeness (QED) is 0.643. The third-order valence-corrected chi connectivity index (χ3v) is 3.86. The number of alkyl halides is 1. The van der Waals surface area contributed by atoms with Crippen molar-refractivity contribution >= 4 is 44.9 Å². The number of amides is 2. The highest BCUT2D eigenvalue weighted by Crippen LogP contribution is 2.30. The summed E-state index contributed by atoms with van der Waals surface area (Å²) in [6.07, 6.45) is 0. The first-order valence-electron chi connectivity index (χ1n) is 6.00. The second kappa shape index (κ2) is 4.82. The van der Waals surface area contributed by atoms with Gasteiger partial charge in [0.15, 0.2) is 5.78 Å². The second-order valence-corrected chi connectivity index (χ2v) is 5.05. The molecule has 2 unspecified atom stereocenters. The number of nitrogens with one attached hydrogen (secondary N) is 1. The van der Waals surface area contributed by atoms with Gasteiger partial charge >= 0.3 is 0 Å². The van der Waals surface area contributed by atoms with Crippen LogP contribution in [0.1, 0.15) is 0 Å². The number of hydrazone groups is 1. The van der Waals surface area contributed by atoms with Gasteiger partial charge in [-0.15, -0.1) is 0 Å². The number of hydrogen-bond acceptors (Lipinski definition) is 5. The molecule has 1 aromatic rings. The number of nitrogens with zero attached hydrogens (tertiary/aromatic N) is 2. The lowest BCUT2D eigenvalue weighted by Gasteiger charge is -2.15. The Morgan fingerprint density at radius 3 is 2.60 bits per heavy atom. The van der Waals surface area contributed by atoms with E-state index in [9.17, 15) is 14.4 Å². The zero-order valence-electron chi connectivity index (χ0n) is 10.2. The van der Waals surface area contributed by atoms with Gasteiger partial charge in [-0.2, -0.15) is 5.10 Å². The summed E-state index contributed by atoms with van der Waals surface area (Å²) in [5, 5.41) is 3.91. The first-order valence-corrected chi connectivity index (χ1v) is 7.12. The van der Waals surface area contributed by atoms with Gasteiger partial charge in [0.1, 0.15) is 17.7 Å². The van der Waals surface area contributed by atoms with Gasteiger partial charge in [0.05, 0.1) is 11.0 Å². The van der Waals surface area contributed by atoms with Crippen molar-refractivity contribution < 1.29 is 14.4 Å². The highest BCUT2D eigenvalue weighted by molar-refractivity contribution is 9.09. The van der Waals surface area contributed by atoms with Crippen molar-refractivity contribution in [2.45, 2.75) is 6.04 Å². The molecule has 2 aliphatic rings. The summed E-state index contributed by atoms with van der Waals surface area (Å²) in [5.41, 5.74) is 3.22. The van der Waals surface area contributed by atoms with Crippen molar-refractivity contribution in [1.29, 1.82) is 0 Å². The van der Waals surface area contributed by atoms with Crippen molar-refractivity contribution in [2.75, 3.05) is 10.2 Å². The number of Topliss-reactive ketones (excluding diaryl/α,β-unsaturated/α-hetero) is 1. The molecule has 2 amide bonds. The molecule has 102 valence electrons. The number of hydrogen-bond donors (Lipinski definition) is 1. The lowest BCUT2D eigenvalue weighted by molar-refractivity contribution is -0.122. The Hall–Kier alpha value is -2.02. The zero-order valence-corrected chi connectivity index (χ0v) is 11.8. The predicted molar refractivity (Wildman–Crippen MR) is 75.6 cm³/mol. The Bertz CT molecular complexity index is 629. The van der Waals surface area contributed by atoms with Crippen LogP contribution in [-0.4, -0.2) is 34.7 Å². The van der Waals surface area contributed by atoms with Crippen LogP contribution in [0, 0.1) is 5.92 Å². The van der Waals surface area contributed by atoms with Crippen molar-refractivity contribution in [3.05, 3.63) is 30.3 Å². The third kappa shape index (κ3) is 1.77. The van der Waals surface area contributed by atoms with Crippen LogP contribution in [0.5, 0.6) is 0 Å². The lowest BCUT2D eigenvalue weighted by Crippen LogP contribution is -2.36. The summed E-state index contributed by atoms with van der Waals surface area (Å²) in [6, 6.07) is 7.88. The van der Waals surface area contributed by atoms with Gasteiger partial charge < -0.3 is 0 Å². The summed E-state index contributed by atoms with van der Waals surface area (Å²) in [6.45, 7) is 0. The first-order chi connectivity index (χ1) is 9.65. The molecular weight excluding hydrogens is 326 g/mol. The van der Waals surface area contributed by atoms with E-state index >= 15 is 0 Å². The molecule has 0 saturated carbocycles. The maximum Gasteiger partial charge on any atom is 0.259 e. The molecule has 1 fully saturated rings. The van der Waals surface area contributed by atoms with Gasteiger partial charge in [0.2, 0.25) is 5.91 Å². The number of anilines is 1. The van der Waals surface area contributed by atoms with E-state index in [1.807, 2.05) is 0 Å². The number of rotatable bonds is 3. The molecule has 0 bridgehead atoms. The lowest BCUT2D eigenvalue weighted by atomic mass is 9.96. The molecule has 1 aromatic carbocycles. The van der Waals surface area contributed by atoms with Gasteiger partial charge in [0, 0.05) is 0 Å². The van der Waals surface area contributed by atoms with Crippen molar-refractivity contribution in [1.82, 2.24) is 5.43 Å². The van der Waals surface area contributed by atoms with Gasteiger partial charge in [-0.25, -0.2) is 4.90 Å². The van der Waals surface area contributed by atoms with Crippen LogP contribution in [0.2, 0.25) is 0 Å². The van der Waals surface area contributed by atoms with Crippen LogP contribution < -0.4 is 10.3 Å². The van der Waals surface area contributed by atoms with Crippen LogP contribution in [0.25, 0.3) is 0 Å². The fourth-order valence-corrected chi connectivity index (χ4v) is 2.71. The van der Waals surface area contributed by atoms with Gasteiger partial charge in [0.25, 0.3) is 5.91 Å². The molecule has 6 nitrogen and oxygen atoms in total. The average molecular weight is 336 g/mol. The number of halogens is 1. The van der Waals surface area contributed by atoms with E-state index in [4.69, 9.17) is 0 Å². The number of ketones is 1. The molecular formula is C13H10BrN3O3. The molecule has 1 saturated heterocycles. The Kier molecular flexibility index (Phi) is 3.13. The maximum absolute atomic E-state index is 12.4. The smallest absolute Gasteiger partial charge is 0.259 e. The standard InChI is InChI=1S/C13H10BrN3O3/c14-6-8(18)10-9-11(16-15-10)13(20)17(12(9)19)7-4-2-1-3-5-7/h1-5,9,11,16H,6H2. The van der Waals surface area contributed by atoms with Gasteiger partial charge in [-0.05, 0) is 12.1 Å². The maximum atomic E-state index is 12.4. The fraction of sp³-hybridized carbons (Fsp3) is 0.231. The van der Waals surface area contributed by atoms with E-state index in [2.05, 4.69) is 26.5 Å². The number of carbonyl (C=O) groups is 3. The summed E-state index contributed by atoms with van der Waals surface area (Å²) >= 11 is 3.05. The van der Waals surface area contributed by atoms with Crippen molar-refractivity contribution in [3.63, 3.8) is 0 Å². The third-order valence-electron chi connectivity index (χ3n) is 3.35. The van der Waals surface area contributed by atoms with Gasteiger partial charge in [-0.3, -0.25) is 19.8 Å². The van der Waals surface area contributed by atoms with E-state index in [0.29, 0.717) is 5.69 Å². The molecule has 2 aliphatic heterocycles.